The Kier molecular flexibility index (Phi) is 11.1. The number of hydrogen-bond acceptors (Lipinski definition) is 8. The molecule has 218 valence electrons. The standard InChI is InChI=1S/C31H47ClN8/c32-25-12-13-26-27(16-21-34-28(26)22-25)33-17-7-18-35-29-38-30(36-19-14-23-8-3-1-4-9-23)40-31(39-29)37-20-15-24-10-5-2-6-11-24/h12-13,16,21-24,26,28,33H,1-11,14-15,17-20H2,(H3,35,36,37,38,39,40). The largest absolute Gasteiger partial charge is 0.388 e. The number of hydrogen-bond donors (Lipinski definition) is 4. The number of nitrogens with one attached hydrogen (secondary N) is 4. The average Bonchev–Trinajstić information content (AvgIpc) is 2.98. The van der Waals surface area contributed by atoms with Gasteiger partial charge >= 0.3 is 0 Å². The maximum atomic E-state index is 6.16. The predicted molar refractivity (Wildman–Crippen MR) is 167 cm³/mol. The first-order valence-corrected chi connectivity index (χ1v) is 16.1. The summed E-state index contributed by atoms with van der Waals surface area (Å²) in [7, 11) is 0. The van der Waals surface area contributed by atoms with Crippen molar-refractivity contribution in [3.05, 3.63) is 35.0 Å². The summed E-state index contributed by atoms with van der Waals surface area (Å²) in [5.74, 6) is 3.86. The molecule has 0 aromatic carbocycles. The topological polar surface area (TPSA) is 99.2 Å². The molecule has 9 heteroatoms. The smallest absolute Gasteiger partial charge is 0.229 e. The Labute approximate surface area is 245 Å². The fourth-order valence-corrected chi connectivity index (χ4v) is 6.63. The summed E-state index contributed by atoms with van der Waals surface area (Å²) in [5, 5.41) is 14.8. The SMILES string of the molecule is ClC1=CC2N=CC=C(NCCCNc3nc(NCCC4CCCCC4)nc(NCCC4CCCCC4)n3)C2C=C1. The summed E-state index contributed by atoms with van der Waals surface area (Å²) in [6.07, 6.45) is 27.1. The normalized spacial score (nSPS) is 23.2. The van der Waals surface area contributed by atoms with Gasteiger partial charge in [0.1, 0.15) is 0 Å². The van der Waals surface area contributed by atoms with E-state index < -0.39 is 0 Å². The van der Waals surface area contributed by atoms with Gasteiger partial charge in [0.2, 0.25) is 17.8 Å². The van der Waals surface area contributed by atoms with Crippen molar-refractivity contribution in [3.63, 3.8) is 0 Å². The second-order valence-electron chi connectivity index (χ2n) is 11.8. The molecule has 0 spiro atoms. The Morgan fingerprint density at radius 3 is 1.85 bits per heavy atom. The summed E-state index contributed by atoms with van der Waals surface area (Å²) in [6.45, 7) is 3.45. The van der Waals surface area contributed by atoms with Gasteiger partial charge in [0.15, 0.2) is 0 Å². The lowest BCUT2D eigenvalue weighted by atomic mass is 9.87. The van der Waals surface area contributed by atoms with Crippen LogP contribution in [0.5, 0.6) is 0 Å². The lowest BCUT2D eigenvalue weighted by molar-refractivity contribution is 0.345. The van der Waals surface area contributed by atoms with Gasteiger partial charge in [0.05, 0.1) is 6.04 Å². The van der Waals surface area contributed by atoms with Gasteiger partial charge in [0.25, 0.3) is 0 Å². The number of halogens is 1. The van der Waals surface area contributed by atoms with E-state index in [1.54, 1.807) is 0 Å². The summed E-state index contributed by atoms with van der Waals surface area (Å²) >= 11 is 6.16. The molecule has 8 nitrogen and oxygen atoms in total. The Morgan fingerprint density at radius 1 is 0.700 bits per heavy atom. The van der Waals surface area contributed by atoms with Crippen LogP contribution in [0.1, 0.15) is 83.5 Å². The highest BCUT2D eigenvalue weighted by Crippen LogP contribution is 2.29. The number of anilines is 3. The molecule has 2 unspecified atom stereocenters. The molecule has 4 N–H and O–H groups in total. The van der Waals surface area contributed by atoms with Crippen LogP contribution in [0.3, 0.4) is 0 Å². The molecule has 2 saturated carbocycles. The zero-order valence-electron chi connectivity index (χ0n) is 23.9. The van der Waals surface area contributed by atoms with Crippen molar-refractivity contribution in [2.75, 3.05) is 42.1 Å². The van der Waals surface area contributed by atoms with E-state index in [9.17, 15) is 0 Å². The van der Waals surface area contributed by atoms with Gasteiger partial charge in [-0.2, -0.15) is 15.0 Å². The molecule has 0 amide bonds. The molecule has 3 aliphatic carbocycles. The van der Waals surface area contributed by atoms with Crippen molar-refractivity contribution in [1.29, 1.82) is 0 Å². The maximum Gasteiger partial charge on any atom is 0.229 e. The number of rotatable bonds is 14. The van der Waals surface area contributed by atoms with Crippen molar-refractivity contribution < 1.29 is 0 Å². The first-order chi connectivity index (χ1) is 19.7. The molecule has 0 bridgehead atoms. The van der Waals surface area contributed by atoms with E-state index in [1.807, 2.05) is 18.4 Å². The Balaban J connectivity index is 1.10. The van der Waals surface area contributed by atoms with Gasteiger partial charge in [-0.3, -0.25) is 4.99 Å². The second kappa shape index (κ2) is 15.4. The van der Waals surface area contributed by atoms with Crippen molar-refractivity contribution in [1.82, 2.24) is 20.3 Å². The Bertz CT molecular complexity index is 1010. The molecule has 4 aliphatic rings. The fourth-order valence-electron chi connectivity index (χ4n) is 6.43. The monoisotopic (exact) mass is 566 g/mol. The van der Waals surface area contributed by atoms with Gasteiger partial charge in [-0.15, -0.1) is 0 Å². The minimum absolute atomic E-state index is 0.0846. The van der Waals surface area contributed by atoms with Gasteiger partial charge in [-0.25, -0.2) is 0 Å². The lowest BCUT2D eigenvalue weighted by Gasteiger charge is -2.27. The molecule has 2 atom stereocenters. The number of nitrogens with zero attached hydrogens (tertiary/aromatic N) is 4. The van der Waals surface area contributed by atoms with E-state index in [0.717, 1.165) is 49.5 Å². The quantitative estimate of drug-likeness (QED) is 0.186. The highest BCUT2D eigenvalue weighted by molar-refractivity contribution is 6.31. The van der Waals surface area contributed by atoms with E-state index in [1.165, 1.54) is 82.7 Å². The number of dihydropyridines is 1. The lowest BCUT2D eigenvalue weighted by Crippen LogP contribution is -2.31. The third-order valence-corrected chi connectivity index (χ3v) is 9.01. The first kappa shape index (κ1) is 28.9. The number of aliphatic imine (C=N–C) groups is 1. The van der Waals surface area contributed by atoms with Crippen LogP contribution in [0.15, 0.2) is 40.0 Å². The predicted octanol–water partition coefficient (Wildman–Crippen LogP) is 6.67. The van der Waals surface area contributed by atoms with Gasteiger partial charge < -0.3 is 21.3 Å². The minimum Gasteiger partial charge on any atom is -0.388 e. The highest BCUT2D eigenvalue weighted by atomic mass is 35.5. The van der Waals surface area contributed by atoms with Crippen molar-refractivity contribution >= 4 is 35.7 Å². The third-order valence-electron chi connectivity index (χ3n) is 8.75. The Hall–Kier alpha value is -2.61. The van der Waals surface area contributed by atoms with Crippen LogP contribution in [0, 0.1) is 17.8 Å². The van der Waals surface area contributed by atoms with Crippen LogP contribution >= 0.6 is 11.6 Å². The zero-order chi connectivity index (χ0) is 27.4. The molecule has 5 rings (SSSR count). The van der Waals surface area contributed by atoms with Crippen molar-refractivity contribution in [2.24, 2.45) is 22.7 Å². The van der Waals surface area contributed by atoms with E-state index >= 15 is 0 Å². The number of aromatic nitrogens is 3. The number of allylic oxidation sites excluding steroid dienone is 3. The Morgan fingerprint density at radius 2 is 1.25 bits per heavy atom. The van der Waals surface area contributed by atoms with E-state index in [-0.39, 0.29) is 12.0 Å². The molecule has 0 radical (unpaired) electrons. The summed E-state index contributed by atoms with van der Waals surface area (Å²) < 4.78 is 0. The van der Waals surface area contributed by atoms with Crippen LogP contribution in [0.25, 0.3) is 0 Å². The van der Waals surface area contributed by atoms with Crippen LogP contribution in [-0.4, -0.2) is 53.4 Å². The molecular formula is C31H47ClN8. The van der Waals surface area contributed by atoms with E-state index in [0.29, 0.717) is 17.8 Å². The number of fused-ring (bicyclic) bond motifs is 1. The van der Waals surface area contributed by atoms with Crippen molar-refractivity contribution in [3.8, 4) is 0 Å². The molecule has 2 heterocycles. The first-order valence-electron chi connectivity index (χ1n) is 15.7. The summed E-state index contributed by atoms with van der Waals surface area (Å²) in [4.78, 5) is 18.7. The average molecular weight is 567 g/mol. The van der Waals surface area contributed by atoms with Crippen LogP contribution < -0.4 is 21.3 Å². The van der Waals surface area contributed by atoms with E-state index in [2.05, 4.69) is 38.4 Å². The molecule has 1 aliphatic heterocycles. The van der Waals surface area contributed by atoms with Gasteiger partial charge in [-0.05, 0) is 49.3 Å². The highest BCUT2D eigenvalue weighted by Gasteiger charge is 2.25. The molecule has 1 aromatic rings. The van der Waals surface area contributed by atoms with Gasteiger partial charge in [0, 0.05) is 49.0 Å². The third kappa shape index (κ3) is 8.95. The fraction of sp³-hybridized carbons (Fsp3) is 0.677. The molecule has 0 saturated heterocycles. The summed E-state index contributed by atoms with van der Waals surface area (Å²) in [5.41, 5.74) is 1.19. The molecule has 2 fully saturated rings. The summed E-state index contributed by atoms with van der Waals surface area (Å²) in [6, 6.07) is 0.0846. The molecule has 40 heavy (non-hydrogen) atoms. The van der Waals surface area contributed by atoms with Crippen LogP contribution in [0.2, 0.25) is 0 Å². The molecular weight excluding hydrogens is 520 g/mol. The van der Waals surface area contributed by atoms with Gasteiger partial charge in [-0.1, -0.05) is 81.9 Å². The molecule has 1 aromatic heterocycles. The second-order valence-corrected chi connectivity index (χ2v) is 12.2. The maximum absolute atomic E-state index is 6.16. The van der Waals surface area contributed by atoms with Crippen LogP contribution in [0.4, 0.5) is 17.8 Å². The van der Waals surface area contributed by atoms with E-state index in [4.69, 9.17) is 26.6 Å². The van der Waals surface area contributed by atoms with Crippen molar-refractivity contribution in [2.45, 2.75) is 89.5 Å². The minimum atomic E-state index is 0.0846. The van der Waals surface area contributed by atoms with Crippen LogP contribution in [-0.2, 0) is 0 Å². The zero-order valence-corrected chi connectivity index (χ0v) is 24.6.